The summed E-state index contributed by atoms with van der Waals surface area (Å²) < 4.78 is 0. The lowest BCUT2D eigenvalue weighted by Gasteiger charge is -2.69. The van der Waals surface area contributed by atoms with Gasteiger partial charge in [0.2, 0.25) is 11.8 Å². The molecule has 3 aliphatic carbocycles. The van der Waals surface area contributed by atoms with E-state index in [2.05, 4.69) is 11.1 Å². The summed E-state index contributed by atoms with van der Waals surface area (Å²) in [6, 6.07) is 11.6. The van der Waals surface area contributed by atoms with Crippen LogP contribution in [0, 0.1) is 17.8 Å². The Hall–Kier alpha value is -3.42. The van der Waals surface area contributed by atoms with Crippen molar-refractivity contribution in [1.29, 1.82) is 0 Å². The van der Waals surface area contributed by atoms with Gasteiger partial charge in [-0.3, -0.25) is 9.59 Å². The average molecular weight is 590 g/mol. The number of halogens is 2. The number of nitrogen functional groups attached to an aromatic ring is 1. The van der Waals surface area contributed by atoms with Crippen molar-refractivity contribution in [2.75, 3.05) is 40.4 Å². The molecule has 9 heteroatoms. The molecule has 2 unspecified atom stereocenters. The van der Waals surface area contributed by atoms with E-state index in [0.29, 0.717) is 55.3 Å². The van der Waals surface area contributed by atoms with Crippen LogP contribution < -0.4 is 15.5 Å². The van der Waals surface area contributed by atoms with Gasteiger partial charge in [0.1, 0.15) is 5.75 Å². The third-order valence-corrected chi connectivity index (χ3v) is 11.0. The van der Waals surface area contributed by atoms with E-state index in [1.807, 2.05) is 47.2 Å². The number of aromatic amines is 1. The minimum atomic E-state index is -0.553. The van der Waals surface area contributed by atoms with E-state index in [9.17, 15) is 14.7 Å². The number of rotatable bonds is 4. The van der Waals surface area contributed by atoms with Crippen LogP contribution in [0.1, 0.15) is 47.8 Å². The first kappa shape index (κ1) is 25.3. The highest BCUT2D eigenvalue weighted by Crippen LogP contribution is 2.75. The number of carbonyl (C=O) groups is 2. The van der Waals surface area contributed by atoms with Crippen LogP contribution in [0.25, 0.3) is 21.7 Å². The Morgan fingerprint density at radius 1 is 0.951 bits per heavy atom. The van der Waals surface area contributed by atoms with Gasteiger partial charge in [-0.2, -0.15) is 0 Å². The molecular formula is C32H30Cl2N4O3. The smallest absolute Gasteiger partial charge is 0.233 e. The Morgan fingerprint density at radius 3 is 2.12 bits per heavy atom. The van der Waals surface area contributed by atoms with Gasteiger partial charge >= 0.3 is 0 Å². The molecule has 5 aliphatic rings. The van der Waals surface area contributed by atoms with Gasteiger partial charge in [0.05, 0.1) is 22.0 Å². The number of amides is 2. The molecule has 4 N–H and O–H groups in total. The number of nitrogens with zero attached hydrogens (tertiary/aromatic N) is 2. The quantitative estimate of drug-likeness (QED) is 0.197. The van der Waals surface area contributed by atoms with Crippen molar-refractivity contribution in [3.63, 3.8) is 0 Å². The zero-order valence-electron chi connectivity index (χ0n) is 22.6. The fourth-order valence-electron chi connectivity index (χ4n) is 8.45. The Balaban J connectivity index is 1.08. The molecule has 2 bridgehead atoms. The fraction of sp³-hybridized carbons (Fsp3) is 0.375. The van der Waals surface area contributed by atoms with Crippen LogP contribution in [0.4, 0.5) is 17.1 Å². The summed E-state index contributed by atoms with van der Waals surface area (Å²) >= 11 is 12.8. The number of alkyl halides is 2. The van der Waals surface area contributed by atoms with Crippen molar-refractivity contribution in [1.82, 2.24) is 4.98 Å². The predicted molar refractivity (Wildman–Crippen MR) is 163 cm³/mol. The van der Waals surface area contributed by atoms with E-state index in [0.717, 1.165) is 44.2 Å². The molecule has 41 heavy (non-hydrogen) atoms. The van der Waals surface area contributed by atoms with Gasteiger partial charge in [-0.1, -0.05) is 24.3 Å². The van der Waals surface area contributed by atoms with Gasteiger partial charge in [-0.15, -0.1) is 23.2 Å². The number of aryl methyl sites for hydroxylation is 1. The monoisotopic (exact) mass is 588 g/mol. The molecule has 2 amide bonds. The van der Waals surface area contributed by atoms with Crippen LogP contribution in [-0.4, -0.2) is 46.8 Å². The number of phenols is 1. The number of nitrogens with one attached hydrogen (secondary N) is 1. The maximum atomic E-state index is 14.1. The number of nitrogens with two attached hydrogens (primary N) is 1. The Labute approximate surface area is 247 Å². The average Bonchev–Trinajstić information content (AvgIpc) is 3.60. The van der Waals surface area contributed by atoms with E-state index in [4.69, 9.17) is 28.9 Å². The maximum absolute atomic E-state index is 14.1. The Kier molecular flexibility index (Phi) is 5.14. The van der Waals surface area contributed by atoms with Crippen molar-refractivity contribution in [3.05, 3.63) is 59.3 Å². The molecule has 2 aliphatic heterocycles. The van der Waals surface area contributed by atoms with Crippen LogP contribution in [-0.2, 0) is 9.59 Å². The second-order valence-electron chi connectivity index (χ2n) is 12.6. The molecule has 210 valence electrons. The molecule has 4 aromatic rings. The third-order valence-electron chi connectivity index (χ3n) is 10.3. The number of aromatic hydroxyl groups is 1. The normalized spacial score (nSPS) is 27.6. The number of carbonyl (C=O) groups excluding carboxylic acids is 2. The number of hydrogen-bond donors (Lipinski definition) is 3. The van der Waals surface area contributed by atoms with E-state index in [1.165, 1.54) is 0 Å². The van der Waals surface area contributed by atoms with Gasteiger partial charge in [0.25, 0.3) is 0 Å². The molecule has 9 rings (SSSR count). The lowest BCUT2D eigenvalue weighted by molar-refractivity contribution is -0.204. The van der Waals surface area contributed by atoms with Crippen molar-refractivity contribution in [3.8, 4) is 5.75 Å². The molecule has 0 saturated heterocycles. The third kappa shape index (κ3) is 3.11. The highest BCUT2D eigenvalue weighted by molar-refractivity contribution is 6.20. The summed E-state index contributed by atoms with van der Waals surface area (Å²) in [5, 5.41) is 13.7. The zero-order chi connectivity index (χ0) is 28.4. The van der Waals surface area contributed by atoms with Crippen LogP contribution >= 0.6 is 23.2 Å². The minimum absolute atomic E-state index is 0.0231. The van der Waals surface area contributed by atoms with Crippen LogP contribution in [0.3, 0.4) is 0 Å². The van der Waals surface area contributed by atoms with Crippen molar-refractivity contribution in [2.24, 2.45) is 10.8 Å². The molecule has 3 saturated carbocycles. The topological polar surface area (TPSA) is 103 Å². The summed E-state index contributed by atoms with van der Waals surface area (Å²) in [5.41, 5.74) is 11.4. The van der Waals surface area contributed by atoms with Gasteiger partial charge in [0, 0.05) is 71.1 Å². The van der Waals surface area contributed by atoms with Crippen LogP contribution in [0.5, 0.6) is 5.75 Å². The maximum Gasteiger partial charge on any atom is 0.233 e. The van der Waals surface area contributed by atoms with Crippen LogP contribution in [0.2, 0.25) is 0 Å². The van der Waals surface area contributed by atoms with Gasteiger partial charge in [-0.05, 0) is 54.3 Å². The predicted octanol–water partition coefficient (Wildman–Crippen LogP) is 6.13. The largest absolute Gasteiger partial charge is 0.506 e. The number of H-pyrrole nitrogens is 1. The molecule has 2 atom stereocenters. The Bertz CT molecular complexity index is 1810. The summed E-state index contributed by atoms with van der Waals surface area (Å²) in [5.74, 6) is 1.02. The number of phenolic OH excluding ortho intramolecular Hbond substituents is 1. The van der Waals surface area contributed by atoms with Crippen molar-refractivity contribution < 1.29 is 14.7 Å². The highest BCUT2D eigenvalue weighted by Gasteiger charge is 2.76. The summed E-state index contributed by atoms with van der Waals surface area (Å²) in [7, 11) is 0. The minimum Gasteiger partial charge on any atom is -0.506 e. The fourth-order valence-corrected chi connectivity index (χ4v) is 8.95. The molecule has 3 aromatic carbocycles. The Morgan fingerprint density at radius 2 is 1.51 bits per heavy atom. The number of fused-ring (bicyclic) bond motifs is 6. The molecule has 0 radical (unpaired) electrons. The molecule has 0 spiro atoms. The first-order chi connectivity index (χ1) is 19.7. The summed E-state index contributed by atoms with van der Waals surface area (Å²) in [4.78, 5) is 35.0. The molecule has 1 aromatic heterocycles. The van der Waals surface area contributed by atoms with E-state index in [1.54, 1.807) is 6.07 Å². The van der Waals surface area contributed by atoms with Gasteiger partial charge in [-0.25, -0.2) is 0 Å². The van der Waals surface area contributed by atoms with Gasteiger partial charge < -0.3 is 25.6 Å². The number of hydrogen-bond acceptors (Lipinski definition) is 4. The molecular weight excluding hydrogens is 559 g/mol. The number of aromatic nitrogens is 1. The molecule has 7 nitrogen and oxygen atoms in total. The SMILES string of the molecule is Cc1c[nH]c2c(O)cc3c(c12)C(CCl)CN3C(=O)C12CC(C(=O)N3CC(CCl)c4c3cc(N)c3ccccc43)(C1)C2. The van der Waals surface area contributed by atoms with Crippen molar-refractivity contribution >= 4 is 73.8 Å². The first-order valence-electron chi connectivity index (χ1n) is 14.1. The lowest BCUT2D eigenvalue weighted by Crippen LogP contribution is -2.73. The molecule has 3 fully saturated rings. The number of anilines is 3. The standard InChI is InChI=1S/C32H30Cl2N4O3/c1-16-10-36-28-24(39)7-23-27(25(16)28)18(9-34)12-38(23)30(41)32-13-31(14-32,15-32)29(40)37-11-17(8-33)26-20-5-3-2-4-19(20)21(35)6-22(26)37/h2-7,10,17-18,36,39H,8-9,11-15,35H2,1H3. The van der Waals surface area contributed by atoms with E-state index < -0.39 is 10.8 Å². The van der Waals surface area contributed by atoms with Gasteiger partial charge in [0.15, 0.2) is 0 Å². The van der Waals surface area contributed by atoms with E-state index >= 15 is 0 Å². The van der Waals surface area contributed by atoms with E-state index in [-0.39, 0.29) is 29.4 Å². The number of benzene rings is 3. The van der Waals surface area contributed by atoms with Crippen LogP contribution in [0.15, 0.2) is 42.6 Å². The molecule has 3 heterocycles. The first-order valence-corrected chi connectivity index (χ1v) is 15.2. The summed E-state index contributed by atoms with van der Waals surface area (Å²) in [6.07, 6.45) is 3.48. The zero-order valence-corrected chi connectivity index (χ0v) is 24.1. The highest BCUT2D eigenvalue weighted by atomic mass is 35.5. The second kappa shape index (κ2) is 8.33. The summed E-state index contributed by atoms with van der Waals surface area (Å²) in [6.45, 7) is 3.00. The second-order valence-corrected chi connectivity index (χ2v) is 13.2. The lowest BCUT2D eigenvalue weighted by atomic mass is 9.34. The van der Waals surface area contributed by atoms with Crippen molar-refractivity contribution in [2.45, 2.75) is 38.0 Å².